The van der Waals surface area contributed by atoms with Gasteiger partial charge in [0, 0.05) is 12.8 Å². The van der Waals surface area contributed by atoms with Crippen molar-refractivity contribution in [1.82, 2.24) is 5.32 Å². The normalized spacial score (nSPS) is 22.5. The lowest BCUT2D eigenvalue weighted by Gasteiger charge is -2.23. The van der Waals surface area contributed by atoms with Crippen LogP contribution < -0.4 is 5.32 Å². The van der Waals surface area contributed by atoms with Crippen LogP contribution in [0, 0.1) is 5.92 Å². The molecule has 0 amide bonds. The van der Waals surface area contributed by atoms with Crippen molar-refractivity contribution in [1.29, 1.82) is 0 Å². The number of carbonyl (C=O) groups is 1. The van der Waals surface area contributed by atoms with E-state index in [9.17, 15) is 4.79 Å². The average Bonchev–Trinajstić information content (AvgIpc) is 2.47. The zero-order chi connectivity index (χ0) is 13.3. The molecule has 2 fully saturated rings. The number of hydrogen-bond acceptors (Lipinski definition) is 3. The van der Waals surface area contributed by atoms with Gasteiger partial charge in [-0.1, -0.05) is 32.1 Å². The van der Waals surface area contributed by atoms with Gasteiger partial charge in [-0.15, -0.1) is 0 Å². The van der Waals surface area contributed by atoms with E-state index >= 15 is 0 Å². The molecule has 2 aliphatic rings. The quantitative estimate of drug-likeness (QED) is 0.770. The van der Waals surface area contributed by atoms with E-state index in [-0.39, 0.29) is 0 Å². The minimum atomic E-state index is 0.382. The van der Waals surface area contributed by atoms with Crippen LogP contribution in [0.4, 0.5) is 0 Å². The van der Waals surface area contributed by atoms with Gasteiger partial charge in [-0.3, -0.25) is 4.79 Å². The second-order valence-electron chi connectivity index (χ2n) is 6.15. The third-order valence-corrected chi connectivity index (χ3v) is 4.58. The Bertz CT molecular complexity index is 255. The summed E-state index contributed by atoms with van der Waals surface area (Å²) in [4.78, 5) is 11.8. The van der Waals surface area contributed by atoms with Crippen LogP contribution in [-0.4, -0.2) is 31.6 Å². The Kier molecular flexibility index (Phi) is 6.86. The molecule has 1 aliphatic carbocycles. The summed E-state index contributed by atoms with van der Waals surface area (Å²) in [5, 5.41) is 3.32. The lowest BCUT2D eigenvalue weighted by atomic mass is 9.85. The second-order valence-corrected chi connectivity index (χ2v) is 6.15. The van der Waals surface area contributed by atoms with Gasteiger partial charge in [-0.05, 0) is 38.3 Å². The maximum atomic E-state index is 11.8. The third-order valence-electron chi connectivity index (χ3n) is 4.58. The number of rotatable bonds is 7. The fourth-order valence-corrected chi connectivity index (χ4v) is 3.27. The SMILES string of the molecule is O=C(CCOC1CCNCC1)CCC1CCCCC1. The van der Waals surface area contributed by atoms with Gasteiger partial charge >= 0.3 is 0 Å². The summed E-state index contributed by atoms with van der Waals surface area (Å²) in [7, 11) is 0. The molecule has 0 atom stereocenters. The van der Waals surface area contributed by atoms with Gasteiger partial charge in [-0.25, -0.2) is 0 Å². The number of nitrogens with one attached hydrogen (secondary N) is 1. The predicted octanol–water partition coefficient (Wildman–Crippen LogP) is 3.07. The summed E-state index contributed by atoms with van der Waals surface area (Å²) in [5.41, 5.74) is 0. The summed E-state index contributed by atoms with van der Waals surface area (Å²) in [5.74, 6) is 1.22. The summed E-state index contributed by atoms with van der Waals surface area (Å²) in [6.45, 7) is 2.74. The van der Waals surface area contributed by atoms with Gasteiger partial charge in [-0.2, -0.15) is 0 Å². The number of carbonyl (C=O) groups excluding carboxylic acids is 1. The largest absolute Gasteiger partial charge is 0.378 e. The summed E-state index contributed by atoms with van der Waals surface area (Å²) in [6, 6.07) is 0. The Morgan fingerprint density at radius 3 is 2.47 bits per heavy atom. The number of Topliss-reactive ketones (excluding diaryl/α,β-unsaturated/α-hetero) is 1. The Balaban J connectivity index is 1.49. The highest BCUT2D eigenvalue weighted by molar-refractivity contribution is 5.78. The van der Waals surface area contributed by atoms with Crippen LogP contribution in [0.1, 0.15) is 64.2 Å². The molecule has 1 heterocycles. The van der Waals surface area contributed by atoms with Crippen molar-refractivity contribution in [2.45, 2.75) is 70.3 Å². The second kappa shape index (κ2) is 8.70. The molecule has 0 spiro atoms. The standard InChI is InChI=1S/C16H29NO2/c18-15(7-6-14-4-2-1-3-5-14)10-13-19-16-8-11-17-12-9-16/h14,16-17H,1-13H2. The average molecular weight is 267 g/mol. The van der Waals surface area contributed by atoms with Crippen molar-refractivity contribution >= 4 is 5.78 Å². The van der Waals surface area contributed by atoms with Crippen molar-refractivity contribution in [3.8, 4) is 0 Å². The Morgan fingerprint density at radius 1 is 1.00 bits per heavy atom. The molecule has 0 aromatic heterocycles. The van der Waals surface area contributed by atoms with E-state index in [1.807, 2.05) is 0 Å². The van der Waals surface area contributed by atoms with E-state index in [2.05, 4.69) is 5.32 Å². The lowest BCUT2D eigenvalue weighted by molar-refractivity contribution is -0.121. The topological polar surface area (TPSA) is 38.3 Å². The number of piperidine rings is 1. The zero-order valence-corrected chi connectivity index (χ0v) is 12.2. The summed E-state index contributed by atoms with van der Waals surface area (Å²) in [6.07, 6.45) is 11.9. The Labute approximate surface area is 117 Å². The van der Waals surface area contributed by atoms with E-state index in [1.165, 1.54) is 32.1 Å². The minimum absolute atomic E-state index is 0.382. The maximum Gasteiger partial charge on any atom is 0.135 e. The van der Waals surface area contributed by atoms with Gasteiger partial charge in [0.15, 0.2) is 0 Å². The molecular weight excluding hydrogens is 238 g/mol. The van der Waals surface area contributed by atoms with Crippen LogP contribution in [0.25, 0.3) is 0 Å². The van der Waals surface area contributed by atoms with E-state index in [0.29, 0.717) is 24.9 Å². The molecule has 1 saturated carbocycles. The number of ether oxygens (including phenoxy) is 1. The fraction of sp³-hybridized carbons (Fsp3) is 0.938. The van der Waals surface area contributed by atoms with Crippen molar-refractivity contribution in [3.63, 3.8) is 0 Å². The van der Waals surface area contributed by atoms with Crippen LogP contribution in [0.5, 0.6) is 0 Å². The predicted molar refractivity (Wildman–Crippen MR) is 77.3 cm³/mol. The van der Waals surface area contributed by atoms with Crippen LogP contribution in [0.3, 0.4) is 0 Å². The molecule has 0 aromatic carbocycles. The van der Waals surface area contributed by atoms with Crippen LogP contribution >= 0.6 is 0 Å². The first-order chi connectivity index (χ1) is 9.34. The molecule has 2 rings (SSSR count). The van der Waals surface area contributed by atoms with Crippen molar-refractivity contribution in [2.75, 3.05) is 19.7 Å². The van der Waals surface area contributed by atoms with Crippen molar-refractivity contribution < 1.29 is 9.53 Å². The molecule has 1 N–H and O–H groups in total. The maximum absolute atomic E-state index is 11.8. The van der Waals surface area contributed by atoms with Crippen LogP contribution in [0.2, 0.25) is 0 Å². The van der Waals surface area contributed by atoms with Gasteiger partial charge in [0.1, 0.15) is 5.78 Å². The van der Waals surface area contributed by atoms with E-state index in [4.69, 9.17) is 4.74 Å². The highest BCUT2D eigenvalue weighted by atomic mass is 16.5. The van der Waals surface area contributed by atoms with Gasteiger partial charge in [0.25, 0.3) is 0 Å². The Hall–Kier alpha value is -0.410. The molecule has 19 heavy (non-hydrogen) atoms. The van der Waals surface area contributed by atoms with Crippen LogP contribution in [-0.2, 0) is 9.53 Å². The first-order valence-corrected chi connectivity index (χ1v) is 8.18. The molecule has 3 nitrogen and oxygen atoms in total. The Morgan fingerprint density at radius 2 is 1.74 bits per heavy atom. The molecule has 0 unspecified atom stereocenters. The molecule has 3 heteroatoms. The van der Waals surface area contributed by atoms with Crippen molar-refractivity contribution in [3.05, 3.63) is 0 Å². The highest BCUT2D eigenvalue weighted by Crippen LogP contribution is 2.27. The lowest BCUT2D eigenvalue weighted by Crippen LogP contribution is -2.32. The smallest absolute Gasteiger partial charge is 0.135 e. The molecule has 0 aromatic rings. The summed E-state index contributed by atoms with van der Waals surface area (Å²) < 4.78 is 5.78. The van der Waals surface area contributed by atoms with Gasteiger partial charge in [0.05, 0.1) is 12.7 Å². The number of hydrogen-bond donors (Lipinski definition) is 1. The van der Waals surface area contributed by atoms with Crippen molar-refractivity contribution in [2.24, 2.45) is 5.92 Å². The molecule has 110 valence electrons. The van der Waals surface area contributed by atoms with E-state index in [1.54, 1.807) is 0 Å². The van der Waals surface area contributed by atoms with E-state index < -0.39 is 0 Å². The first kappa shape index (κ1) is 15.0. The molecule has 1 aliphatic heterocycles. The monoisotopic (exact) mass is 267 g/mol. The molecular formula is C16H29NO2. The summed E-state index contributed by atoms with van der Waals surface area (Å²) >= 11 is 0. The molecule has 0 radical (unpaired) electrons. The first-order valence-electron chi connectivity index (χ1n) is 8.18. The highest BCUT2D eigenvalue weighted by Gasteiger charge is 2.16. The van der Waals surface area contributed by atoms with Gasteiger partial charge < -0.3 is 10.1 Å². The minimum Gasteiger partial charge on any atom is -0.378 e. The number of ketones is 1. The third kappa shape index (κ3) is 6.05. The van der Waals surface area contributed by atoms with Crippen LogP contribution in [0.15, 0.2) is 0 Å². The van der Waals surface area contributed by atoms with Gasteiger partial charge in [0.2, 0.25) is 0 Å². The zero-order valence-electron chi connectivity index (χ0n) is 12.2. The van der Waals surface area contributed by atoms with E-state index in [0.717, 1.165) is 44.7 Å². The molecule has 1 saturated heterocycles. The fourth-order valence-electron chi connectivity index (χ4n) is 3.27. The molecule has 0 bridgehead atoms.